The van der Waals surface area contributed by atoms with Crippen molar-refractivity contribution in [3.8, 4) is 0 Å². The van der Waals surface area contributed by atoms with Gasteiger partial charge >= 0.3 is 0 Å². The average molecular weight is 272 g/mol. The Balaban J connectivity index is 1.69. The number of para-hydroxylation sites is 1. The first kappa shape index (κ1) is 13.9. The van der Waals surface area contributed by atoms with Crippen molar-refractivity contribution in [2.45, 2.75) is 57.4 Å². The molecule has 2 nitrogen and oxygen atoms in total. The highest BCUT2D eigenvalue weighted by atomic mass is 15.1. The molecule has 1 aliphatic carbocycles. The van der Waals surface area contributed by atoms with E-state index in [1.165, 1.54) is 69.2 Å². The molecule has 2 aliphatic rings. The molecule has 0 bridgehead atoms. The second-order valence-electron chi connectivity index (χ2n) is 6.59. The summed E-state index contributed by atoms with van der Waals surface area (Å²) in [4.78, 5) is 2.56. The van der Waals surface area contributed by atoms with Gasteiger partial charge in [-0.15, -0.1) is 0 Å². The molecule has 1 aliphatic heterocycles. The van der Waals surface area contributed by atoms with Gasteiger partial charge in [0.1, 0.15) is 0 Å². The molecule has 1 aromatic rings. The maximum absolute atomic E-state index is 6.55. The van der Waals surface area contributed by atoms with Gasteiger partial charge in [-0.25, -0.2) is 0 Å². The lowest BCUT2D eigenvalue weighted by atomic mass is 9.84. The molecule has 1 fully saturated rings. The zero-order chi connectivity index (χ0) is 13.8. The van der Waals surface area contributed by atoms with Gasteiger partial charge in [0.2, 0.25) is 0 Å². The summed E-state index contributed by atoms with van der Waals surface area (Å²) in [5, 5.41) is 0. The van der Waals surface area contributed by atoms with Gasteiger partial charge in [0.05, 0.1) is 0 Å². The fourth-order valence-corrected chi connectivity index (χ4v) is 3.92. The Bertz CT molecular complexity index is 423. The highest BCUT2D eigenvalue weighted by molar-refractivity contribution is 5.54. The number of rotatable bonds is 3. The first-order valence-corrected chi connectivity index (χ1v) is 8.43. The summed E-state index contributed by atoms with van der Waals surface area (Å²) in [5.74, 6) is 0.749. The predicted molar refractivity (Wildman–Crippen MR) is 86.1 cm³/mol. The summed E-state index contributed by atoms with van der Waals surface area (Å²) in [7, 11) is 0. The number of hydrogen-bond acceptors (Lipinski definition) is 2. The minimum absolute atomic E-state index is 0.349. The van der Waals surface area contributed by atoms with Crippen LogP contribution in [0.15, 0.2) is 24.3 Å². The molecule has 2 N–H and O–H groups in total. The molecule has 1 heterocycles. The van der Waals surface area contributed by atoms with Crippen molar-refractivity contribution >= 4 is 5.69 Å². The molecule has 0 saturated heterocycles. The van der Waals surface area contributed by atoms with Gasteiger partial charge in [-0.1, -0.05) is 37.5 Å². The number of nitrogens with two attached hydrogens (primary N) is 1. The molecule has 110 valence electrons. The Morgan fingerprint density at radius 2 is 1.85 bits per heavy atom. The average Bonchev–Trinajstić information content (AvgIpc) is 2.71. The van der Waals surface area contributed by atoms with Gasteiger partial charge in [0.25, 0.3) is 0 Å². The van der Waals surface area contributed by atoms with Crippen LogP contribution in [-0.4, -0.2) is 19.1 Å². The van der Waals surface area contributed by atoms with Gasteiger partial charge in [-0.3, -0.25) is 0 Å². The summed E-state index contributed by atoms with van der Waals surface area (Å²) in [6, 6.07) is 9.27. The molecule has 0 spiro atoms. The Morgan fingerprint density at radius 1 is 1.05 bits per heavy atom. The van der Waals surface area contributed by atoms with Gasteiger partial charge in [0.15, 0.2) is 0 Å². The van der Waals surface area contributed by atoms with E-state index in [1.54, 1.807) is 0 Å². The zero-order valence-corrected chi connectivity index (χ0v) is 12.6. The minimum atomic E-state index is 0.349. The van der Waals surface area contributed by atoms with E-state index in [9.17, 15) is 0 Å². The fraction of sp³-hybridized carbons (Fsp3) is 0.667. The van der Waals surface area contributed by atoms with Crippen molar-refractivity contribution in [1.82, 2.24) is 0 Å². The van der Waals surface area contributed by atoms with E-state index < -0.39 is 0 Å². The molecule has 3 rings (SSSR count). The molecule has 0 amide bonds. The molecule has 0 radical (unpaired) electrons. The van der Waals surface area contributed by atoms with Crippen LogP contribution in [0.5, 0.6) is 0 Å². The van der Waals surface area contributed by atoms with E-state index >= 15 is 0 Å². The second-order valence-corrected chi connectivity index (χ2v) is 6.59. The summed E-state index contributed by atoms with van der Waals surface area (Å²) < 4.78 is 0. The number of fused-ring (bicyclic) bond motifs is 1. The first-order valence-electron chi connectivity index (χ1n) is 8.43. The molecule has 1 aromatic carbocycles. The Kier molecular flexibility index (Phi) is 4.62. The molecule has 2 heteroatoms. The van der Waals surface area contributed by atoms with E-state index in [1.807, 2.05) is 0 Å². The smallest absolute Gasteiger partial charge is 0.0399 e. The van der Waals surface area contributed by atoms with Crippen LogP contribution in [0, 0.1) is 5.92 Å². The predicted octanol–water partition coefficient (Wildman–Crippen LogP) is 3.74. The lowest BCUT2D eigenvalue weighted by Gasteiger charge is -2.33. The number of benzene rings is 1. The highest BCUT2D eigenvalue weighted by Crippen LogP contribution is 2.29. The number of nitrogens with zero attached hydrogens (tertiary/aromatic N) is 1. The normalized spacial score (nSPS) is 22.1. The number of anilines is 1. The van der Waals surface area contributed by atoms with Crippen LogP contribution in [0.2, 0.25) is 0 Å². The monoisotopic (exact) mass is 272 g/mol. The fourth-order valence-electron chi connectivity index (χ4n) is 3.92. The third-order valence-electron chi connectivity index (χ3n) is 5.14. The Labute approximate surface area is 123 Å². The lowest BCUT2D eigenvalue weighted by molar-refractivity contribution is 0.305. The first-order chi connectivity index (χ1) is 9.84. The number of hydrogen-bond donors (Lipinski definition) is 1. The van der Waals surface area contributed by atoms with Crippen LogP contribution in [-0.2, 0) is 6.42 Å². The third kappa shape index (κ3) is 3.17. The molecule has 20 heavy (non-hydrogen) atoms. The molecular formula is C18H28N2. The van der Waals surface area contributed by atoms with E-state index in [0.29, 0.717) is 6.04 Å². The van der Waals surface area contributed by atoms with Crippen molar-refractivity contribution in [2.75, 3.05) is 18.0 Å². The molecule has 1 atom stereocenters. The summed E-state index contributed by atoms with van der Waals surface area (Å²) >= 11 is 0. The standard InChI is InChI=1S/C18H28N2/c19-17(15-8-2-1-3-9-15)14-20-13-7-6-11-16-10-4-5-12-18(16)20/h4-5,10,12,15,17H,1-3,6-9,11,13-14,19H2. The largest absolute Gasteiger partial charge is 0.370 e. The molecule has 0 aromatic heterocycles. The van der Waals surface area contributed by atoms with Crippen molar-refractivity contribution in [2.24, 2.45) is 11.7 Å². The van der Waals surface area contributed by atoms with Crippen molar-refractivity contribution < 1.29 is 0 Å². The Hall–Kier alpha value is -1.02. The van der Waals surface area contributed by atoms with E-state index in [-0.39, 0.29) is 0 Å². The molecule has 1 saturated carbocycles. The number of aryl methyl sites for hydroxylation is 1. The Morgan fingerprint density at radius 3 is 2.70 bits per heavy atom. The van der Waals surface area contributed by atoms with Crippen molar-refractivity contribution in [1.29, 1.82) is 0 Å². The van der Waals surface area contributed by atoms with Crippen LogP contribution in [0.3, 0.4) is 0 Å². The quantitative estimate of drug-likeness (QED) is 0.908. The highest BCUT2D eigenvalue weighted by Gasteiger charge is 2.24. The summed E-state index contributed by atoms with van der Waals surface area (Å²) in [5.41, 5.74) is 9.50. The van der Waals surface area contributed by atoms with E-state index in [2.05, 4.69) is 29.2 Å². The van der Waals surface area contributed by atoms with Gasteiger partial charge in [0, 0.05) is 24.8 Å². The maximum atomic E-state index is 6.55. The zero-order valence-electron chi connectivity index (χ0n) is 12.6. The van der Waals surface area contributed by atoms with Gasteiger partial charge in [-0.2, -0.15) is 0 Å². The van der Waals surface area contributed by atoms with Crippen molar-refractivity contribution in [3.05, 3.63) is 29.8 Å². The third-order valence-corrected chi connectivity index (χ3v) is 5.14. The molecule has 1 unspecified atom stereocenters. The van der Waals surface area contributed by atoms with E-state index in [4.69, 9.17) is 5.73 Å². The lowest BCUT2D eigenvalue weighted by Crippen LogP contribution is -2.43. The topological polar surface area (TPSA) is 29.3 Å². The maximum Gasteiger partial charge on any atom is 0.0399 e. The summed E-state index contributed by atoms with van der Waals surface area (Å²) in [6.07, 6.45) is 10.7. The van der Waals surface area contributed by atoms with Crippen LogP contribution in [0.25, 0.3) is 0 Å². The van der Waals surface area contributed by atoms with Crippen LogP contribution in [0.4, 0.5) is 5.69 Å². The van der Waals surface area contributed by atoms with Crippen molar-refractivity contribution in [3.63, 3.8) is 0 Å². The van der Waals surface area contributed by atoms with Gasteiger partial charge in [-0.05, 0) is 49.7 Å². The van der Waals surface area contributed by atoms with Crippen LogP contribution >= 0.6 is 0 Å². The van der Waals surface area contributed by atoms with E-state index in [0.717, 1.165) is 12.5 Å². The molecular weight excluding hydrogens is 244 g/mol. The summed E-state index contributed by atoms with van der Waals surface area (Å²) in [6.45, 7) is 2.22. The van der Waals surface area contributed by atoms with Crippen LogP contribution in [0.1, 0.15) is 50.5 Å². The van der Waals surface area contributed by atoms with Gasteiger partial charge < -0.3 is 10.6 Å². The SMILES string of the molecule is NC(CN1CCCCc2ccccc21)C1CCCCC1. The van der Waals surface area contributed by atoms with Crippen LogP contribution < -0.4 is 10.6 Å². The minimum Gasteiger partial charge on any atom is -0.370 e. The second kappa shape index (κ2) is 6.62.